The third kappa shape index (κ3) is 3.25. The van der Waals surface area contributed by atoms with Crippen molar-refractivity contribution >= 4 is 15.7 Å². The predicted octanol–water partition coefficient (Wildman–Crippen LogP) is 3.93. The summed E-state index contributed by atoms with van der Waals surface area (Å²) >= 11 is 0. The Morgan fingerprint density at radius 3 is 2.14 bits per heavy atom. The molecule has 0 spiro atoms. The first kappa shape index (κ1) is 16.4. The van der Waals surface area contributed by atoms with Crippen LogP contribution in [0.25, 0.3) is 0 Å². The van der Waals surface area contributed by atoms with Crippen molar-refractivity contribution in [1.82, 2.24) is 0 Å². The van der Waals surface area contributed by atoms with Gasteiger partial charge in [-0.15, -0.1) is 0 Å². The molecule has 0 aliphatic rings. The third-order valence-corrected chi connectivity index (χ3v) is 4.97. The molecule has 0 radical (unpaired) electrons. The Labute approximate surface area is 131 Å². The molecule has 0 aromatic heterocycles. The molecule has 0 saturated carbocycles. The van der Waals surface area contributed by atoms with Gasteiger partial charge in [-0.2, -0.15) is 0 Å². The molecule has 0 unspecified atom stereocenters. The van der Waals surface area contributed by atoms with Crippen molar-refractivity contribution in [3.63, 3.8) is 0 Å². The zero-order chi connectivity index (χ0) is 16.5. The number of sulfonamides is 1. The van der Waals surface area contributed by atoms with Gasteiger partial charge in [-0.05, 0) is 43.0 Å². The van der Waals surface area contributed by atoms with Crippen molar-refractivity contribution in [2.24, 2.45) is 0 Å². The molecule has 4 nitrogen and oxygen atoms in total. The molecule has 2 N–H and O–H groups in total. The Morgan fingerprint density at radius 2 is 1.59 bits per heavy atom. The molecular weight excluding hydrogens is 298 g/mol. The summed E-state index contributed by atoms with van der Waals surface area (Å²) in [5, 5.41) is 10.4. The summed E-state index contributed by atoms with van der Waals surface area (Å²) in [5.41, 5.74) is 2.62. The maximum atomic E-state index is 12.5. The van der Waals surface area contributed by atoms with Gasteiger partial charge < -0.3 is 5.11 Å². The molecule has 0 amide bonds. The highest BCUT2D eigenvalue weighted by Gasteiger charge is 2.19. The zero-order valence-electron chi connectivity index (χ0n) is 13.2. The molecule has 0 saturated heterocycles. The summed E-state index contributed by atoms with van der Waals surface area (Å²) in [6.45, 7) is 7.55. The lowest BCUT2D eigenvalue weighted by molar-refractivity contribution is 0.467. The first-order valence-electron chi connectivity index (χ1n) is 7.14. The quantitative estimate of drug-likeness (QED) is 0.839. The van der Waals surface area contributed by atoms with Crippen LogP contribution in [0.5, 0.6) is 5.75 Å². The van der Waals surface area contributed by atoms with Crippen molar-refractivity contribution in [1.29, 1.82) is 0 Å². The van der Waals surface area contributed by atoms with E-state index in [0.29, 0.717) is 11.1 Å². The number of benzene rings is 2. The topological polar surface area (TPSA) is 66.4 Å². The Balaban J connectivity index is 2.46. The average Bonchev–Trinajstić information content (AvgIpc) is 2.43. The maximum absolute atomic E-state index is 12.5. The molecule has 0 aliphatic carbocycles. The van der Waals surface area contributed by atoms with Crippen LogP contribution in [0.2, 0.25) is 0 Å². The second-order valence-corrected chi connectivity index (χ2v) is 7.45. The Bertz CT molecular complexity index is 778. The van der Waals surface area contributed by atoms with Gasteiger partial charge in [-0.1, -0.05) is 43.7 Å². The number of phenols is 1. The van der Waals surface area contributed by atoms with E-state index in [-0.39, 0.29) is 22.3 Å². The van der Waals surface area contributed by atoms with E-state index in [0.717, 1.165) is 5.56 Å². The SMILES string of the molecule is Cc1ccc(S(=O)(=O)Nc2c(C)ccc(C(C)C)c2O)cc1. The van der Waals surface area contributed by atoms with Gasteiger partial charge in [0.1, 0.15) is 5.75 Å². The van der Waals surface area contributed by atoms with Gasteiger partial charge in [0.05, 0.1) is 10.6 Å². The summed E-state index contributed by atoms with van der Waals surface area (Å²) in [6.07, 6.45) is 0. The van der Waals surface area contributed by atoms with E-state index in [2.05, 4.69) is 4.72 Å². The van der Waals surface area contributed by atoms with Gasteiger partial charge in [0.15, 0.2) is 0 Å². The number of aromatic hydroxyl groups is 1. The number of anilines is 1. The average molecular weight is 319 g/mol. The molecule has 0 aliphatic heterocycles. The van der Waals surface area contributed by atoms with Gasteiger partial charge in [-0.25, -0.2) is 8.42 Å². The van der Waals surface area contributed by atoms with E-state index in [9.17, 15) is 13.5 Å². The van der Waals surface area contributed by atoms with E-state index in [1.165, 1.54) is 0 Å². The van der Waals surface area contributed by atoms with Crippen molar-refractivity contribution in [2.45, 2.75) is 38.5 Å². The monoisotopic (exact) mass is 319 g/mol. The summed E-state index contributed by atoms with van der Waals surface area (Å²) in [4.78, 5) is 0.173. The molecule has 118 valence electrons. The molecule has 5 heteroatoms. The van der Waals surface area contributed by atoms with Gasteiger partial charge >= 0.3 is 0 Å². The highest BCUT2D eigenvalue weighted by atomic mass is 32.2. The van der Waals surface area contributed by atoms with E-state index >= 15 is 0 Å². The summed E-state index contributed by atoms with van der Waals surface area (Å²) in [7, 11) is -3.73. The lowest BCUT2D eigenvalue weighted by atomic mass is 9.99. The van der Waals surface area contributed by atoms with E-state index < -0.39 is 10.0 Å². The smallest absolute Gasteiger partial charge is 0.262 e. The summed E-state index contributed by atoms with van der Waals surface area (Å²) in [6, 6.07) is 10.2. The van der Waals surface area contributed by atoms with Gasteiger partial charge in [0, 0.05) is 0 Å². The summed E-state index contributed by atoms with van der Waals surface area (Å²) in [5.74, 6) is 0.0916. The molecule has 0 bridgehead atoms. The van der Waals surface area contributed by atoms with Crippen LogP contribution in [0.1, 0.15) is 36.5 Å². The number of nitrogens with one attached hydrogen (secondary N) is 1. The molecule has 2 aromatic carbocycles. The van der Waals surface area contributed by atoms with E-state index in [4.69, 9.17) is 0 Å². The number of phenolic OH excluding ortho intramolecular Hbond substituents is 1. The standard InChI is InChI=1S/C17H21NO3S/c1-11(2)15-10-7-13(4)16(17(15)19)18-22(20,21)14-8-5-12(3)6-9-14/h5-11,18-19H,1-4H3. The Kier molecular flexibility index (Phi) is 4.47. The molecule has 2 rings (SSSR count). The van der Waals surface area contributed by atoms with Gasteiger partial charge in [-0.3, -0.25) is 4.72 Å². The van der Waals surface area contributed by atoms with Crippen LogP contribution in [0.15, 0.2) is 41.3 Å². The van der Waals surface area contributed by atoms with Crippen molar-refractivity contribution < 1.29 is 13.5 Å². The van der Waals surface area contributed by atoms with Crippen molar-refractivity contribution in [3.8, 4) is 5.75 Å². The molecule has 2 aromatic rings. The van der Waals surface area contributed by atoms with Crippen molar-refractivity contribution in [2.75, 3.05) is 4.72 Å². The second kappa shape index (κ2) is 6.01. The second-order valence-electron chi connectivity index (χ2n) is 5.77. The predicted molar refractivity (Wildman–Crippen MR) is 88.9 cm³/mol. The number of rotatable bonds is 4. The number of hydrogen-bond donors (Lipinski definition) is 2. The molecule has 0 atom stereocenters. The fourth-order valence-electron chi connectivity index (χ4n) is 2.21. The van der Waals surface area contributed by atoms with Gasteiger partial charge in [0.2, 0.25) is 0 Å². The number of aryl methyl sites for hydroxylation is 2. The summed E-state index contributed by atoms with van der Waals surface area (Å²) < 4.78 is 27.5. The third-order valence-electron chi connectivity index (χ3n) is 3.61. The van der Waals surface area contributed by atoms with Crippen LogP contribution in [-0.2, 0) is 10.0 Å². The van der Waals surface area contributed by atoms with Crippen LogP contribution in [0.3, 0.4) is 0 Å². The van der Waals surface area contributed by atoms with Gasteiger partial charge in [0.25, 0.3) is 10.0 Å². The lowest BCUT2D eigenvalue weighted by Crippen LogP contribution is -2.14. The largest absolute Gasteiger partial charge is 0.505 e. The molecule has 0 heterocycles. The van der Waals surface area contributed by atoms with Crippen LogP contribution >= 0.6 is 0 Å². The molecule has 0 fully saturated rings. The van der Waals surface area contributed by atoms with Crippen LogP contribution in [-0.4, -0.2) is 13.5 Å². The first-order chi connectivity index (χ1) is 10.2. The molecular formula is C17H21NO3S. The van der Waals surface area contributed by atoms with Crippen LogP contribution in [0.4, 0.5) is 5.69 Å². The minimum atomic E-state index is -3.73. The van der Waals surface area contributed by atoms with Crippen LogP contribution in [0, 0.1) is 13.8 Å². The van der Waals surface area contributed by atoms with E-state index in [1.807, 2.05) is 32.9 Å². The van der Waals surface area contributed by atoms with E-state index in [1.54, 1.807) is 31.2 Å². The highest BCUT2D eigenvalue weighted by Crippen LogP contribution is 2.36. The Hall–Kier alpha value is -2.01. The number of hydrogen-bond acceptors (Lipinski definition) is 3. The maximum Gasteiger partial charge on any atom is 0.262 e. The first-order valence-corrected chi connectivity index (χ1v) is 8.62. The lowest BCUT2D eigenvalue weighted by Gasteiger charge is -2.16. The minimum Gasteiger partial charge on any atom is -0.505 e. The Morgan fingerprint density at radius 1 is 1.00 bits per heavy atom. The highest BCUT2D eigenvalue weighted by molar-refractivity contribution is 7.92. The molecule has 22 heavy (non-hydrogen) atoms. The fraction of sp³-hybridized carbons (Fsp3) is 0.294. The fourth-order valence-corrected chi connectivity index (χ4v) is 3.35. The zero-order valence-corrected chi connectivity index (χ0v) is 14.0. The van der Waals surface area contributed by atoms with Crippen molar-refractivity contribution in [3.05, 3.63) is 53.1 Å². The normalized spacial score (nSPS) is 11.7. The minimum absolute atomic E-state index is 0.00862. The van der Waals surface area contributed by atoms with Crippen LogP contribution < -0.4 is 4.72 Å².